The van der Waals surface area contributed by atoms with E-state index in [1.807, 2.05) is 71.7 Å². The third kappa shape index (κ3) is 5.62. The molecule has 7 heteroatoms. The first-order valence-electron chi connectivity index (χ1n) is 12.5. The first kappa shape index (κ1) is 24.9. The maximum atomic E-state index is 13.0. The Morgan fingerprint density at radius 2 is 1.34 bits per heavy atom. The van der Waals surface area contributed by atoms with Crippen LogP contribution in [-0.4, -0.2) is 22.4 Å². The minimum Gasteiger partial charge on any atom is -0.344 e. The van der Waals surface area contributed by atoms with Gasteiger partial charge in [0.15, 0.2) is 0 Å². The van der Waals surface area contributed by atoms with Crippen LogP contribution in [0.15, 0.2) is 126 Å². The fourth-order valence-electron chi connectivity index (χ4n) is 4.48. The molecule has 4 aromatic rings. The van der Waals surface area contributed by atoms with Crippen molar-refractivity contribution in [2.75, 3.05) is 0 Å². The number of amides is 2. The van der Waals surface area contributed by atoms with E-state index in [4.69, 9.17) is 0 Å². The van der Waals surface area contributed by atoms with E-state index >= 15 is 0 Å². The molecule has 190 valence electrons. The van der Waals surface area contributed by atoms with E-state index in [0.29, 0.717) is 24.3 Å². The maximum Gasteiger partial charge on any atom is 0.252 e. The molecule has 0 unspecified atom stereocenters. The van der Waals surface area contributed by atoms with Crippen molar-refractivity contribution in [3.05, 3.63) is 138 Å². The first-order valence-corrected chi connectivity index (χ1v) is 12.5. The van der Waals surface area contributed by atoms with Crippen molar-refractivity contribution in [3.63, 3.8) is 0 Å². The van der Waals surface area contributed by atoms with Crippen molar-refractivity contribution < 1.29 is 9.59 Å². The molecule has 2 amide bonds. The SMILES string of the molecule is C[C@]1(NC(=O)c2ccc(N=NN(Cc3ccccc3)Cc3ccccc3)cc2)C(=O)N[C@@H]1c1ccccc1. The Kier molecular flexibility index (Phi) is 7.26. The summed E-state index contributed by atoms with van der Waals surface area (Å²) in [6, 6.07) is 36.5. The van der Waals surface area contributed by atoms with Crippen molar-refractivity contribution in [3.8, 4) is 0 Å². The normalized spacial score (nSPS) is 18.4. The molecule has 1 fully saturated rings. The molecular formula is C31H29N5O2. The zero-order valence-corrected chi connectivity index (χ0v) is 21.1. The highest BCUT2D eigenvalue weighted by molar-refractivity contribution is 6.02. The zero-order valence-electron chi connectivity index (χ0n) is 21.1. The van der Waals surface area contributed by atoms with Crippen molar-refractivity contribution in [1.29, 1.82) is 0 Å². The highest BCUT2D eigenvalue weighted by atomic mass is 16.2. The van der Waals surface area contributed by atoms with Gasteiger partial charge in [-0.05, 0) is 47.9 Å². The van der Waals surface area contributed by atoms with Gasteiger partial charge in [0, 0.05) is 5.56 Å². The van der Waals surface area contributed by atoms with Crippen LogP contribution in [-0.2, 0) is 17.9 Å². The van der Waals surface area contributed by atoms with Crippen molar-refractivity contribution in [1.82, 2.24) is 15.6 Å². The zero-order chi connectivity index (χ0) is 26.4. The molecule has 7 nitrogen and oxygen atoms in total. The van der Waals surface area contributed by atoms with Crippen molar-refractivity contribution in [2.45, 2.75) is 31.6 Å². The van der Waals surface area contributed by atoms with Gasteiger partial charge in [-0.1, -0.05) is 96.2 Å². The number of hydrogen-bond donors (Lipinski definition) is 2. The van der Waals surface area contributed by atoms with E-state index < -0.39 is 5.54 Å². The number of nitrogens with zero attached hydrogens (tertiary/aromatic N) is 3. The Hall–Kier alpha value is -4.78. The third-order valence-electron chi connectivity index (χ3n) is 6.66. The van der Waals surface area contributed by atoms with Gasteiger partial charge in [0.05, 0.1) is 24.8 Å². The summed E-state index contributed by atoms with van der Waals surface area (Å²) in [6.45, 7) is 2.98. The molecular weight excluding hydrogens is 474 g/mol. The molecule has 1 aliphatic rings. The summed E-state index contributed by atoms with van der Waals surface area (Å²) in [5, 5.41) is 16.6. The number of rotatable bonds is 9. The largest absolute Gasteiger partial charge is 0.344 e. The van der Waals surface area contributed by atoms with Gasteiger partial charge in [-0.15, -0.1) is 5.11 Å². The van der Waals surface area contributed by atoms with Gasteiger partial charge in [-0.25, -0.2) is 0 Å². The summed E-state index contributed by atoms with van der Waals surface area (Å²) in [7, 11) is 0. The Morgan fingerprint density at radius 3 is 1.87 bits per heavy atom. The molecule has 5 rings (SSSR count). The number of carbonyl (C=O) groups is 2. The van der Waals surface area contributed by atoms with Crippen LogP contribution in [0.25, 0.3) is 0 Å². The van der Waals surface area contributed by atoms with Crippen molar-refractivity contribution in [2.24, 2.45) is 10.3 Å². The van der Waals surface area contributed by atoms with Crippen LogP contribution >= 0.6 is 0 Å². The number of β-lactam (4-membered cyclic amide) rings is 1. The number of hydrogen-bond acceptors (Lipinski definition) is 4. The number of nitrogens with one attached hydrogen (secondary N) is 2. The Morgan fingerprint density at radius 1 is 0.816 bits per heavy atom. The van der Waals surface area contributed by atoms with Crippen LogP contribution in [0.3, 0.4) is 0 Å². The van der Waals surface area contributed by atoms with Crippen LogP contribution in [0.1, 0.15) is 40.0 Å². The minimum absolute atomic E-state index is 0.206. The molecule has 0 saturated carbocycles. The Bertz CT molecular complexity index is 1370. The number of carbonyl (C=O) groups excluding carboxylic acids is 2. The summed E-state index contributed by atoms with van der Waals surface area (Å²) < 4.78 is 0. The van der Waals surface area contributed by atoms with Gasteiger partial charge >= 0.3 is 0 Å². The molecule has 0 spiro atoms. The van der Waals surface area contributed by atoms with Crippen LogP contribution in [0.2, 0.25) is 0 Å². The maximum absolute atomic E-state index is 13.0. The van der Waals surface area contributed by atoms with Crippen LogP contribution < -0.4 is 10.6 Å². The third-order valence-corrected chi connectivity index (χ3v) is 6.66. The van der Waals surface area contributed by atoms with Gasteiger partial charge in [0.1, 0.15) is 5.54 Å². The van der Waals surface area contributed by atoms with Gasteiger partial charge in [-0.2, -0.15) is 0 Å². The van der Waals surface area contributed by atoms with Gasteiger partial charge in [0.2, 0.25) is 5.91 Å². The fraction of sp³-hybridized carbons (Fsp3) is 0.161. The van der Waals surface area contributed by atoms with Crippen molar-refractivity contribution >= 4 is 17.5 Å². The van der Waals surface area contributed by atoms with E-state index in [1.165, 1.54) is 0 Å². The summed E-state index contributed by atoms with van der Waals surface area (Å²) in [4.78, 5) is 25.4. The molecule has 38 heavy (non-hydrogen) atoms. The second kappa shape index (κ2) is 11.1. The molecule has 0 aliphatic carbocycles. The molecule has 2 atom stereocenters. The predicted molar refractivity (Wildman–Crippen MR) is 146 cm³/mol. The lowest BCUT2D eigenvalue weighted by Crippen LogP contribution is -2.72. The van der Waals surface area contributed by atoms with E-state index in [0.717, 1.165) is 16.7 Å². The minimum atomic E-state index is -1.02. The van der Waals surface area contributed by atoms with Gasteiger partial charge in [0.25, 0.3) is 5.91 Å². The molecule has 1 saturated heterocycles. The average Bonchev–Trinajstić information content (AvgIpc) is 2.96. The quantitative estimate of drug-likeness (QED) is 0.173. The average molecular weight is 504 g/mol. The van der Waals surface area contributed by atoms with Crippen LogP contribution in [0, 0.1) is 0 Å². The molecule has 1 heterocycles. The molecule has 1 aliphatic heterocycles. The van der Waals surface area contributed by atoms with E-state index in [9.17, 15) is 9.59 Å². The van der Waals surface area contributed by atoms with Crippen LogP contribution in [0.5, 0.6) is 0 Å². The summed E-state index contributed by atoms with van der Waals surface area (Å²) >= 11 is 0. The van der Waals surface area contributed by atoms with E-state index in [1.54, 1.807) is 31.2 Å². The molecule has 2 N–H and O–H groups in total. The summed E-state index contributed by atoms with van der Waals surface area (Å²) in [6.07, 6.45) is 0. The second-order valence-electron chi connectivity index (χ2n) is 9.50. The topological polar surface area (TPSA) is 86.2 Å². The van der Waals surface area contributed by atoms with E-state index in [-0.39, 0.29) is 17.9 Å². The summed E-state index contributed by atoms with van der Waals surface area (Å²) in [5.41, 5.74) is 3.27. The van der Waals surface area contributed by atoms with Gasteiger partial charge in [-0.3, -0.25) is 14.6 Å². The standard InChI is InChI=1S/C31H29N5O2/c1-31(28(32-30(31)38)25-15-9-4-10-16-25)33-29(37)26-17-19-27(20-18-26)34-35-36(21-23-11-5-2-6-12-23)22-24-13-7-3-8-14-24/h2-20,28H,21-22H2,1H3,(H,32,38)(H,33,37)/t28-,31-/m1/s1. The lowest BCUT2D eigenvalue weighted by Gasteiger charge is -2.46. The first-order chi connectivity index (χ1) is 18.5. The summed E-state index contributed by atoms with van der Waals surface area (Å²) in [5.74, 6) is -0.524. The van der Waals surface area contributed by atoms with Gasteiger partial charge < -0.3 is 10.6 Å². The van der Waals surface area contributed by atoms with E-state index in [2.05, 4.69) is 45.2 Å². The fourth-order valence-corrected chi connectivity index (χ4v) is 4.48. The second-order valence-corrected chi connectivity index (χ2v) is 9.50. The predicted octanol–water partition coefficient (Wildman–Crippen LogP) is 5.75. The molecule has 0 radical (unpaired) electrons. The highest BCUT2D eigenvalue weighted by Crippen LogP contribution is 2.34. The molecule has 0 aromatic heterocycles. The monoisotopic (exact) mass is 503 g/mol. The Balaban J connectivity index is 1.26. The highest BCUT2D eigenvalue weighted by Gasteiger charge is 2.53. The molecule has 4 aromatic carbocycles. The van der Waals surface area contributed by atoms with Crippen LogP contribution in [0.4, 0.5) is 5.69 Å². The number of benzene rings is 4. The smallest absolute Gasteiger partial charge is 0.252 e. The lowest BCUT2D eigenvalue weighted by molar-refractivity contribution is -0.138. The molecule has 0 bridgehead atoms. The Labute approximate surface area is 222 Å². The lowest BCUT2D eigenvalue weighted by atomic mass is 9.78.